The summed E-state index contributed by atoms with van der Waals surface area (Å²) < 4.78 is 5.07. The number of carbonyl (C=O) groups is 1. The molecule has 0 aromatic carbocycles. The molecule has 76 valence electrons. The van der Waals surface area contributed by atoms with Crippen molar-refractivity contribution in [3.8, 4) is 11.5 Å². The topological polar surface area (TPSA) is 76.2 Å². The third-order valence-corrected chi connectivity index (χ3v) is 1.93. The minimum atomic E-state index is -1.07. The number of hydrogen-bond acceptors (Lipinski definition) is 4. The fourth-order valence-corrected chi connectivity index (χ4v) is 1.20. The van der Waals surface area contributed by atoms with Crippen molar-refractivity contribution in [1.82, 2.24) is 10.2 Å². The first-order chi connectivity index (χ1) is 7.16. The maximum absolute atomic E-state index is 10.7. The highest BCUT2D eigenvalue weighted by atomic mass is 35.5. The molecule has 5 nitrogen and oxygen atoms in total. The second-order valence-corrected chi connectivity index (χ2v) is 3.11. The summed E-state index contributed by atoms with van der Waals surface area (Å²) in [6.45, 7) is 0. The van der Waals surface area contributed by atoms with Gasteiger partial charge in [0, 0.05) is 0 Å². The van der Waals surface area contributed by atoms with Gasteiger partial charge < -0.3 is 9.52 Å². The maximum Gasteiger partial charge on any atom is 0.337 e. The number of rotatable bonds is 2. The van der Waals surface area contributed by atoms with E-state index in [9.17, 15) is 4.79 Å². The SMILES string of the molecule is O=C(O)c1cnnc(-c2ccc(Cl)o2)c1. The van der Waals surface area contributed by atoms with E-state index in [2.05, 4.69) is 10.2 Å². The van der Waals surface area contributed by atoms with E-state index in [4.69, 9.17) is 21.1 Å². The van der Waals surface area contributed by atoms with E-state index in [0.29, 0.717) is 11.5 Å². The molecular formula is C9H5ClN2O3. The largest absolute Gasteiger partial charge is 0.478 e. The van der Waals surface area contributed by atoms with Gasteiger partial charge in [0.1, 0.15) is 5.69 Å². The van der Waals surface area contributed by atoms with Gasteiger partial charge in [0.15, 0.2) is 11.0 Å². The molecule has 0 bridgehead atoms. The van der Waals surface area contributed by atoms with Crippen molar-refractivity contribution >= 4 is 17.6 Å². The summed E-state index contributed by atoms with van der Waals surface area (Å²) in [5.41, 5.74) is 0.384. The summed E-state index contributed by atoms with van der Waals surface area (Å²) in [6.07, 6.45) is 1.16. The van der Waals surface area contributed by atoms with Gasteiger partial charge in [-0.3, -0.25) is 0 Å². The quantitative estimate of drug-likeness (QED) is 0.845. The first-order valence-corrected chi connectivity index (χ1v) is 4.36. The number of carboxylic acids is 1. The normalized spacial score (nSPS) is 10.2. The molecule has 15 heavy (non-hydrogen) atoms. The lowest BCUT2D eigenvalue weighted by atomic mass is 10.2. The van der Waals surface area contributed by atoms with Crippen molar-refractivity contribution in [2.45, 2.75) is 0 Å². The lowest BCUT2D eigenvalue weighted by molar-refractivity contribution is 0.0696. The van der Waals surface area contributed by atoms with Crippen LogP contribution in [-0.2, 0) is 0 Å². The minimum absolute atomic E-state index is 0.0486. The van der Waals surface area contributed by atoms with Gasteiger partial charge in [-0.25, -0.2) is 4.79 Å². The van der Waals surface area contributed by atoms with Gasteiger partial charge in [0.25, 0.3) is 0 Å². The maximum atomic E-state index is 10.7. The second-order valence-electron chi connectivity index (χ2n) is 2.74. The van der Waals surface area contributed by atoms with Crippen molar-refractivity contribution in [3.63, 3.8) is 0 Å². The van der Waals surface area contributed by atoms with E-state index >= 15 is 0 Å². The lowest BCUT2D eigenvalue weighted by Gasteiger charge is -1.96. The van der Waals surface area contributed by atoms with E-state index in [0.717, 1.165) is 6.20 Å². The number of hydrogen-bond donors (Lipinski definition) is 1. The van der Waals surface area contributed by atoms with Crippen LogP contribution >= 0.6 is 11.6 Å². The van der Waals surface area contributed by atoms with Crippen molar-refractivity contribution in [3.05, 3.63) is 35.2 Å². The molecule has 0 spiro atoms. The van der Waals surface area contributed by atoms with Gasteiger partial charge in [-0.1, -0.05) is 0 Å². The van der Waals surface area contributed by atoms with Crippen molar-refractivity contribution in [2.75, 3.05) is 0 Å². The molecule has 0 saturated carbocycles. The average molecular weight is 225 g/mol. The van der Waals surface area contributed by atoms with Gasteiger partial charge in [0.05, 0.1) is 11.8 Å². The highest BCUT2D eigenvalue weighted by Crippen LogP contribution is 2.22. The van der Waals surface area contributed by atoms with Crippen LogP contribution in [0.1, 0.15) is 10.4 Å². The highest BCUT2D eigenvalue weighted by Gasteiger charge is 2.09. The van der Waals surface area contributed by atoms with E-state index in [1.807, 2.05) is 0 Å². The molecule has 0 fully saturated rings. The lowest BCUT2D eigenvalue weighted by Crippen LogP contribution is -1.99. The van der Waals surface area contributed by atoms with Crippen LogP contribution in [0, 0.1) is 0 Å². The van der Waals surface area contributed by atoms with Gasteiger partial charge in [-0.15, -0.1) is 5.10 Å². The molecule has 2 rings (SSSR count). The molecule has 0 aliphatic heterocycles. The Morgan fingerprint density at radius 1 is 1.47 bits per heavy atom. The number of carboxylic acid groups (broad SMARTS) is 1. The molecule has 0 atom stereocenters. The van der Waals surface area contributed by atoms with Crippen molar-refractivity contribution < 1.29 is 14.3 Å². The predicted octanol–water partition coefficient (Wildman–Crippen LogP) is 2.09. The molecule has 2 heterocycles. The zero-order valence-corrected chi connectivity index (χ0v) is 8.10. The van der Waals surface area contributed by atoms with Crippen LogP contribution in [0.3, 0.4) is 0 Å². The number of nitrogens with zero attached hydrogens (tertiary/aromatic N) is 2. The van der Waals surface area contributed by atoms with Crippen LogP contribution in [0.2, 0.25) is 5.22 Å². The monoisotopic (exact) mass is 224 g/mol. The molecule has 2 aromatic rings. The Balaban J connectivity index is 2.45. The molecule has 6 heteroatoms. The van der Waals surface area contributed by atoms with Crippen LogP contribution in [-0.4, -0.2) is 21.3 Å². The minimum Gasteiger partial charge on any atom is -0.478 e. The van der Waals surface area contributed by atoms with E-state index in [1.165, 1.54) is 6.07 Å². The van der Waals surface area contributed by atoms with Crippen LogP contribution in [0.15, 0.2) is 28.8 Å². The van der Waals surface area contributed by atoms with Crippen molar-refractivity contribution in [2.24, 2.45) is 0 Å². The zero-order chi connectivity index (χ0) is 10.8. The summed E-state index contributed by atoms with van der Waals surface area (Å²) in [7, 11) is 0. The smallest absolute Gasteiger partial charge is 0.337 e. The van der Waals surface area contributed by atoms with E-state index < -0.39 is 5.97 Å². The third kappa shape index (κ3) is 1.97. The number of aromatic nitrogens is 2. The predicted molar refractivity (Wildman–Crippen MR) is 51.7 cm³/mol. The van der Waals surface area contributed by atoms with Crippen LogP contribution in [0.5, 0.6) is 0 Å². The third-order valence-electron chi connectivity index (χ3n) is 1.73. The number of furan rings is 1. The molecule has 1 N–H and O–H groups in total. The summed E-state index contributed by atoms with van der Waals surface area (Å²) in [5.74, 6) is -0.681. The van der Waals surface area contributed by atoms with E-state index in [-0.39, 0.29) is 10.8 Å². The Labute approximate surface area is 89.3 Å². The highest BCUT2D eigenvalue weighted by molar-refractivity contribution is 6.28. The van der Waals surface area contributed by atoms with Crippen LogP contribution < -0.4 is 0 Å². The Kier molecular flexibility index (Phi) is 2.39. The van der Waals surface area contributed by atoms with Gasteiger partial charge in [0.2, 0.25) is 0 Å². The van der Waals surface area contributed by atoms with Crippen LogP contribution in [0.25, 0.3) is 11.5 Å². The zero-order valence-electron chi connectivity index (χ0n) is 7.35. The summed E-state index contributed by atoms with van der Waals surface area (Å²) >= 11 is 5.58. The summed E-state index contributed by atoms with van der Waals surface area (Å²) in [6, 6.07) is 4.51. The fraction of sp³-hybridized carbons (Fsp3) is 0. The molecule has 0 amide bonds. The van der Waals surface area contributed by atoms with Gasteiger partial charge >= 0.3 is 5.97 Å². The molecule has 0 aliphatic rings. The Morgan fingerprint density at radius 2 is 2.27 bits per heavy atom. The fourth-order valence-electron chi connectivity index (χ4n) is 1.06. The Bertz CT molecular complexity index is 510. The second kappa shape index (κ2) is 3.70. The Morgan fingerprint density at radius 3 is 2.87 bits per heavy atom. The van der Waals surface area contributed by atoms with Crippen molar-refractivity contribution in [1.29, 1.82) is 0 Å². The first-order valence-electron chi connectivity index (χ1n) is 3.98. The van der Waals surface area contributed by atoms with E-state index in [1.54, 1.807) is 12.1 Å². The molecule has 0 aliphatic carbocycles. The first kappa shape index (κ1) is 9.67. The molecule has 2 aromatic heterocycles. The number of aromatic carboxylic acids is 1. The standard InChI is InChI=1S/C9H5ClN2O3/c10-8-2-1-7(15-8)6-3-5(9(13)14)4-11-12-6/h1-4H,(H,13,14). The van der Waals surface area contributed by atoms with Gasteiger partial charge in [-0.2, -0.15) is 5.10 Å². The number of halogens is 1. The average Bonchev–Trinajstić information content (AvgIpc) is 2.65. The molecular weight excluding hydrogens is 220 g/mol. The molecule has 0 unspecified atom stereocenters. The summed E-state index contributed by atoms with van der Waals surface area (Å²) in [4.78, 5) is 10.7. The van der Waals surface area contributed by atoms with Gasteiger partial charge in [-0.05, 0) is 29.8 Å². The Hall–Kier alpha value is -1.88. The molecule has 0 saturated heterocycles. The van der Waals surface area contributed by atoms with Crippen LogP contribution in [0.4, 0.5) is 0 Å². The molecule has 0 radical (unpaired) electrons. The summed E-state index contributed by atoms with van der Waals surface area (Å²) in [5, 5.41) is 16.2.